The third-order valence-electron chi connectivity index (χ3n) is 4.59. The maximum absolute atomic E-state index is 12.7. The van der Waals surface area contributed by atoms with Crippen molar-refractivity contribution in [2.24, 2.45) is 5.92 Å². The lowest BCUT2D eigenvalue weighted by Crippen LogP contribution is -2.27. The summed E-state index contributed by atoms with van der Waals surface area (Å²) in [7, 11) is 1.61. The van der Waals surface area contributed by atoms with Crippen molar-refractivity contribution in [2.45, 2.75) is 26.8 Å². The molecule has 0 bridgehead atoms. The Morgan fingerprint density at radius 1 is 1.07 bits per heavy atom. The van der Waals surface area contributed by atoms with E-state index in [9.17, 15) is 9.59 Å². The zero-order valence-corrected chi connectivity index (χ0v) is 16.9. The molecule has 0 unspecified atom stereocenters. The lowest BCUT2D eigenvalue weighted by molar-refractivity contribution is 0.0939. The van der Waals surface area contributed by atoms with Gasteiger partial charge in [-0.25, -0.2) is 4.98 Å². The highest BCUT2D eigenvalue weighted by atomic mass is 16.5. The smallest absolute Gasteiger partial charge is 0.287 e. The predicted octanol–water partition coefficient (Wildman–Crippen LogP) is 3.05. The average molecular weight is 394 g/mol. The van der Waals surface area contributed by atoms with E-state index in [2.05, 4.69) is 29.5 Å². The number of nitrogens with one attached hydrogen (secondary N) is 2. The Kier molecular flexibility index (Phi) is 6.49. The first-order chi connectivity index (χ1) is 14.0. The number of fused-ring (bicyclic) bond motifs is 1. The molecule has 1 aromatic carbocycles. The van der Waals surface area contributed by atoms with E-state index in [0.717, 1.165) is 17.7 Å². The van der Waals surface area contributed by atoms with Gasteiger partial charge in [0.05, 0.1) is 12.6 Å². The van der Waals surface area contributed by atoms with Crippen LogP contribution in [-0.4, -0.2) is 34.9 Å². The molecule has 3 aromatic rings. The zero-order valence-electron chi connectivity index (χ0n) is 16.9. The summed E-state index contributed by atoms with van der Waals surface area (Å²) in [5.74, 6) is 0.815. The maximum Gasteiger partial charge on any atom is 0.287 e. The third kappa shape index (κ3) is 4.93. The molecule has 0 aliphatic heterocycles. The molecular weight excluding hydrogens is 368 g/mol. The Balaban J connectivity index is 1.76. The van der Waals surface area contributed by atoms with Gasteiger partial charge in [-0.15, -0.1) is 0 Å². The molecule has 3 rings (SSSR count). The summed E-state index contributed by atoms with van der Waals surface area (Å²) in [6.07, 6.45) is 2.61. The van der Waals surface area contributed by atoms with E-state index in [0.29, 0.717) is 24.5 Å². The van der Waals surface area contributed by atoms with Crippen molar-refractivity contribution < 1.29 is 14.3 Å². The number of nitrogens with zero attached hydrogens (tertiary/aromatic N) is 2. The summed E-state index contributed by atoms with van der Waals surface area (Å²) in [5, 5.41) is 5.75. The molecule has 0 spiro atoms. The number of benzene rings is 1. The standard InChI is InChI=1S/C22H26N4O3/c1-15(2)11-12-23-21(27)19-18-6-4-5-13-26(18)20(25-19)22(28)24-14-16-7-9-17(29-3)10-8-16/h4-10,13,15H,11-12,14H2,1-3H3,(H,23,27)(H,24,28). The second-order valence-electron chi connectivity index (χ2n) is 7.21. The van der Waals surface area contributed by atoms with E-state index in [1.54, 1.807) is 29.8 Å². The molecule has 29 heavy (non-hydrogen) atoms. The van der Waals surface area contributed by atoms with E-state index in [-0.39, 0.29) is 23.3 Å². The number of aromatic nitrogens is 2. The van der Waals surface area contributed by atoms with Gasteiger partial charge in [0.2, 0.25) is 5.82 Å². The molecular formula is C22H26N4O3. The second-order valence-corrected chi connectivity index (χ2v) is 7.21. The number of pyridine rings is 1. The van der Waals surface area contributed by atoms with Crippen molar-refractivity contribution in [3.8, 4) is 5.75 Å². The average Bonchev–Trinajstić information content (AvgIpc) is 3.12. The van der Waals surface area contributed by atoms with Crippen LogP contribution < -0.4 is 15.4 Å². The summed E-state index contributed by atoms with van der Waals surface area (Å²) in [6.45, 7) is 5.12. The van der Waals surface area contributed by atoms with Gasteiger partial charge in [-0.3, -0.25) is 14.0 Å². The molecule has 0 atom stereocenters. The van der Waals surface area contributed by atoms with E-state index < -0.39 is 0 Å². The van der Waals surface area contributed by atoms with Crippen LogP contribution in [0.2, 0.25) is 0 Å². The second kappa shape index (κ2) is 9.23. The molecule has 152 valence electrons. The molecule has 2 amide bonds. The van der Waals surface area contributed by atoms with Crippen LogP contribution in [-0.2, 0) is 6.54 Å². The summed E-state index contributed by atoms with van der Waals surface area (Å²) < 4.78 is 6.78. The van der Waals surface area contributed by atoms with E-state index in [1.165, 1.54) is 0 Å². The molecule has 2 aromatic heterocycles. The topological polar surface area (TPSA) is 84.7 Å². The molecule has 2 heterocycles. The van der Waals surface area contributed by atoms with Crippen LogP contribution in [0.3, 0.4) is 0 Å². The molecule has 0 aliphatic rings. The van der Waals surface area contributed by atoms with E-state index in [4.69, 9.17) is 4.74 Å². The number of hydrogen-bond acceptors (Lipinski definition) is 4. The Labute approximate surface area is 170 Å². The highest BCUT2D eigenvalue weighted by Crippen LogP contribution is 2.14. The fourth-order valence-corrected chi connectivity index (χ4v) is 2.93. The largest absolute Gasteiger partial charge is 0.497 e. The van der Waals surface area contributed by atoms with Gasteiger partial charge in [-0.05, 0) is 42.2 Å². The quantitative estimate of drug-likeness (QED) is 0.615. The number of carbonyl (C=O) groups is 2. The molecule has 0 aliphatic carbocycles. The monoisotopic (exact) mass is 394 g/mol. The van der Waals surface area contributed by atoms with Crippen molar-refractivity contribution in [3.63, 3.8) is 0 Å². The van der Waals surface area contributed by atoms with E-state index in [1.807, 2.05) is 30.3 Å². The normalized spacial score (nSPS) is 10.9. The van der Waals surface area contributed by atoms with E-state index >= 15 is 0 Å². The minimum absolute atomic E-state index is 0.183. The Morgan fingerprint density at radius 3 is 2.52 bits per heavy atom. The van der Waals surface area contributed by atoms with Gasteiger partial charge in [-0.1, -0.05) is 32.0 Å². The molecule has 7 heteroatoms. The highest BCUT2D eigenvalue weighted by Gasteiger charge is 2.21. The van der Waals surface area contributed by atoms with Gasteiger partial charge < -0.3 is 15.4 Å². The third-order valence-corrected chi connectivity index (χ3v) is 4.59. The van der Waals surface area contributed by atoms with Crippen molar-refractivity contribution in [1.82, 2.24) is 20.0 Å². The molecule has 7 nitrogen and oxygen atoms in total. The van der Waals surface area contributed by atoms with Crippen LogP contribution in [0.4, 0.5) is 0 Å². The first-order valence-electron chi connectivity index (χ1n) is 9.66. The number of carbonyl (C=O) groups excluding carboxylic acids is 2. The maximum atomic E-state index is 12.7. The fraction of sp³-hybridized carbons (Fsp3) is 0.318. The van der Waals surface area contributed by atoms with Gasteiger partial charge in [0.25, 0.3) is 11.8 Å². The zero-order chi connectivity index (χ0) is 20.8. The molecule has 2 N–H and O–H groups in total. The number of hydrogen-bond donors (Lipinski definition) is 2. The van der Waals surface area contributed by atoms with Crippen molar-refractivity contribution in [1.29, 1.82) is 0 Å². The van der Waals surface area contributed by atoms with Crippen molar-refractivity contribution >= 4 is 17.3 Å². The lowest BCUT2D eigenvalue weighted by atomic mass is 10.1. The predicted molar refractivity (Wildman–Crippen MR) is 111 cm³/mol. The molecule has 0 radical (unpaired) electrons. The first kappa shape index (κ1) is 20.4. The SMILES string of the molecule is COc1ccc(CNC(=O)c2nc(C(=O)NCCC(C)C)c3ccccn23)cc1. The van der Waals surface area contributed by atoms with Crippen molar-refractivity contribution in [3.05, 3.63) is 65.7 Å². The lowest BCUT2D eigenvalue weighted by Gasteiger charge is -2.06. The van der Waals surface area contributed by atoms with Crippen LogP contribution in [0.25, 0.3) is 5.52 Å². The molecule has 0 fully saturated rings. The molecule has 0 saturated carbocycles. The van der Waals surface area contributed by atoms with Gasteiger partial charge in [0, 0.05) is 19.3 Å². The van der Waals surface area contributed by atoms with Crippen LogP contribution in [0.1, 0.15) is 46.9 Å². The van der Waals surface area contributed by atoms with Crippen LogP contribution in [0.5, 0.6) is 5.75 Å². The molecule has 0 saturated heterocycles. The Hall–Kier alpha value is -3.35. The summed E-state index contributed by atoms with van der Waals surface area (Å²) in [4.78, 5) is 29.7. The number of methoxy groups -OCH3 is 1. The van der Waals surface area contributed by atoms with Gasteiger partial charge in [-0.2, -0.15) is 0 Å². The van der Waals surface area contributed by atoms with Crippen LogP contribution in [0.15, 0.2) is 48.7 Å². The summed E-state index contributed by atoms with van der Waals surface area (Å²) in [6, 6.07) is 12.9. The number of imidazole rings is 1. The summed E-state index contributed by atoms with van der Waals surface area (Å²) in [5.41, 5.74) is 1.79. The Bertz CT molecular complexity index is 993. The van der Waals surface area contributed by atoms with Crippen molar-refractivity contribution in [2.75, 3.05) is 13.7 Å². The van der Waals surface area contributed by atoms with Gasteiger partial charge in [0.15, 0.2) is 5.69 Å². The van der Waals surface area contributed by atoms with Crippen LogP contribution >= 0.6 is 0 Å². The van der Waals surface area contributed by atoms with Crippen LogP contribution in [0, 0.1) is 5.92 Å². The van der Waals surface area contributed by atoms with Gasteiger partial charge >= 0.3 is 0 Å². The number of ether oxygens (including phenoxy) is 1. The minimum atomic E-state index is -0.344. The summed E-state index contributed by atoms with van der Waals surface area (Å²) >= 11 is 0. The highest BCUT2D eigenvalue weighted by molar-refractivity contribution is 6.02. The minimum Gasteiger partial charge on any atom is -0.497 e. The first-order valence-corrected chi connectivity index (χ1v) is 9.66. The Morgan fingerprint density at radius 2 is 1.83 bits per heavy atom. The number of rotatable bonds is 8. The van der Waals surface area contributed by atoms with Gasteiger partial charge in [0.1, 0.15) is 5.75 Å². The fourth-order valence-electron chi connectivity index (χ4n) is 2.93. The number of amides is 2.